The number of carboxylic acids is 1. The number of hydrogen-bond donors (Lipinski definition) is 2. The molecule has 0 saturated carbocycles. The Labute approximate surface area is 198 Å². The van der Waals surface area contributed by atoms with Crippen LogP contribution < -0.4 is 4.74 Å². The summed E-state index contributed by atoms with van der Waals surface area (Å²) in [5, 5.41) is 18.5. The largest absolute Gasteiger partial charge is 0.506 e. The third-order valence-electron chi connectivity index (χ3n) is 2.92. The first-order chi connectivity index (χ1) is 11.5. The fourth-order valence-electron chi connectivity index (χ4n) is 1.80. The summed E-state index contributed by atoms with van der Waals surface area (Å²) in [5.74, 6) is -0.740. The van der Waals surface area contributed by atoms with Gasteiger partial charge in [0.05, 0.1) is 24.1 Å². The smallest absolute Gasteiger partial charge is 0.341 e. The number of rotatable bonds is 5. The Balaban J connectivity index is 2.52. The summed E-state index contributed by atoms with van der Waals surface area (Å²) in [7, 11) is -3.80. The van der Waals surface area contributed by atoms with Gasteiger partial charge in [-0.1, -0.05) is 0 Å². The van der Waals surface area contributed by atoms with E-state index < -0.39 is 22.4 Å². The van der Waals surface area contributed by atoms with Crippen molar-refractivity contribution < 1.29 is 28.2 Å². The molecule has 134 valence electrons. The molecule has 0 atom stereocenters. The minimum absolute atomic E-state index is 0.0433. The molecular weight excluding hydrogens is 804 g/mol. The highest BCUT2D eigenvalue weighted by Crippen LogP contribution is 2.35. The lowest BCUT2D eigenvalue weighted by Crippen LogP contribution is -2.12. The quantitative estimate of drug-likeness (QED) is 0.442. The summed E-state index contributed by atoms with van der Waals surface area (Å²) in [6.45, 7) is -0.507. The van der Waals surface area contributed by atoms with Gasteiger partial charge in [0.15, 0.2) is 6.61 Å². The minimum atomic E-state index is -3.80. The molecule has 2 rings (SSSR count). The van der Waals surface area contributed by atoms with Gasteiger partial charge < -0.3 is 14.9 Å². The van der Waals surface area contributed by atoms with Gasteiger partial charge in [0, 0.05) is 0 Å². The Morgan fingerprint density at radius 3 is 1.72 bits per heavy atom. The van der Waals surface area contributed by atoms with Crippen molar-refractivity contribution in [3.05, 3.63) is 38.5 Å². The summed E-state index contributed by atoms with van der Waals surface area (Å²) in [6, 6.07) is 5.67. The summed E-state index contributed by atoms with van der Waals surface area (Å²) in [4.78, 5) is 10.8. The van der Waals surface area contributed by atoms with Gasteiger partial charge in [0.2, 0.25) is 9.84 Å². The Hall–Kier alpha value is 0.380. The first kappa shape index (κ1) is 21.7. The fourth-order valence-corrected chi connectivity index (χ4v) is 7.85. The second kappa shape index (κ2) is 8.59. The standard InChI is InChI=1S/C14H8I4O6S/c15-8-1-6(2-9(16)13(8)21)25(22,23)7-3-10(17)14(11(18)4-7)24-5-12(19)20/h1-4,21H,5H2,(H,19,20). The Kier molecular flexibility index (Phi) is 7.45. The van der Waals surface area contributed by atoms with Gasteiger partial charge in [-0.25, -0.2) is 13.2 Å². The van der Waals surface area contributed by atoms with E-state index in [9.17, 15) is 18.3 Å². The van der Waals surface area contributed by atoms with Gasteiger partial charge in [0.25, 0.3) is 0 Å². The van der Waals surface area contributed by atoms with E-state index in [1.54, 1.807) is 0 Å². The number of hydrogen-bond acceptors (Lipinski definition) is 5. The number of aliphatic carboxylic acids is 1. The van der Waals surface area contributed by atoms with Crippen LogP contribution in [-0.4, -0.2) is 31.2 Å². The molecule has 0 radical (unpaired) electrons. The Bertz CT molecular complexity index is 912. The van der Waals surface area contributed by atoms with Gasteiger partial charge in [-0.3, -0.25) is 0 Å². The maximum absolute atomic E-state index is 12.9. The number of carboxylic acid groups (broad SMARTS) is 1. The van der Waals surface area contributed by atoms with Crippen molar-refractivity contribution in [1.82, 2.24) is 0 Å². The molecule has 0 saturated heterocycles. The highest BCUT2D eigenvalue weighted by molar-refractivity contribution is 14.1. The molecule has 6 nitrogen and oxygen atoms in total. The van der Waals surface area contributed by atoms with Gasteiger partial charge in [-0.15, -0.1) is 0 Å². The molecule has 2 aromatic carbocycles. The van der Waals surface area contributed by atoms with Crippen LogP contribution in [0.4, 0.5) is 0 Å². The zero-order chi connectivity index (χ0) is 18.9. The number of aromatic hydroxyl groups is 1. The highest BCUT2D eigenvalue weighted by atomic mass is 127. The van der Waals surface area contributed by atoms with Crippen LogP contribution in [0, 0.1) is 14.3 Å². The fraction of sp³-hybridized carbons (Fsp3) is 0.0714. The molecule has 0 aliphatic heterocycles. The zero-order valence-electron chi connectivity index (χ0n) is 12.0. The molecule has 25 heavy (non-hydrogen) atoms. The van der Waals surface area contributed by atoms with E-state index in [1.807, 2.05) is 90.4 Å². The molecular formula is C14H8I4O6S. The van der Waals surface area contributed by atoms with Crippen molar-refractivity contribution in [2.75, 3.05) is 6.61 Å². The molecule has 0 aliphatic rings. The molecule has 0 unspecified atom stereocenters. The minimum Gasteiger partial charge on any atom is -0.506 e. The van der Waals surface area contributed by atoms with E-state index in [-0.39, 0.29) is 15.5 Å². The maximum atomic E-state index is 12.9. The van der Waals surface area contributed by atoms with Crippen molar-refractivity contribution in [2.45, 2.75) is 9.79 Å². The number of ether oxygens (including phenoxy) is 1. The number of phenolic OH excluding ortho intramolecular Hbond substituents is 1. The topological polar surface area (TPSA) is 101 Å². The summed E-state index contributed by atoms with van der Waals surface area (Å²) >= 11 is 7.56. The number of phenols is 1. The average molecular weight is 812 g/mol. The monoisotopic (exact) mass is 812 g/mol. The summed E-state index contributed by atoms with van der Waals surface area (Å²) < 4.78 is 32.9. The first-order valence-corrected chi connectivity index (χ1v) is 12.1. The normalized spacial score (nSPS) is 11.4. The van der Waals surface area contributed by atoms with Gasteiger partial charge in [-0.2, -0.15) is 0 Å². The predicted octanol–water partition coefficient (Wildman–Crippen LogP) is 4.11. The first-order valence-electron chi connectivity index (χ1n) is 6.30. The number of carbonyl (C=O) groups is 1. The molecule has 0 spiro atoms. The van der Waals surface area contributed by atoms with Gasteiger partial charge in [0.1, 0.15) is 11.5 Å². The van der Waals surface area contributed by atoms with Crippen LogP contribution in [0.2, 0.25) is 0 Å². The molecule has 0 bridgehead atoms. The Morgan fingerprint density at radius 2 is 1.32 bits per heavy atom. The van der Waals surface area contributed by atoms with Crippen LogP contribution in [0.3, 0.4) is 0 Å². The molecule has 0 aromatic heterocycles. The number of sulfone groups is 1. The van der Waals surface area contributed by atoms with Crippen molar-refractivity contribution >= 4 is 106 Å². The van der Waals surface area contributed by atoms with Gasteiger partial charge >= 0.3 is 5.97 Å². The van der Waals surface area contributed by atoms with Crippen LogP contribution in [0.15, 0.2) is 34.1 Å². The van der Waals surface area contributed by atoms with Crippen molar-refractivity contribution in [2.24, 2.45) is 0 Å². The maximum Gasteiger partial charge on any atom is 0.341 e. The highest BCUT2D eigenvalue weighted by Gasteiger charge is 2.23. The lowest BCUT2D eigenvalue weighted by atomic mass is 10.3. The van der Waals surface area contributed by atoms with Gasteiger partial charge in [-0.05, 0) is 115 Å². The van der Waals surface area contributed by atoms with Crippen molar-refractivity contribution in [3.8, 4) is 11.5 Å². The van der Waals surface area contributed by atoms with Crippen LogP contribution in [0.25, 0.3) is 0 Å². The van der Waals surface area contributed by atoms with E-state index in [2.05, 4.69) is 0 Å². The summed E-state index contributed by atoms with van der Waals surface area (Å²) in [5.41, 5.74) is 0. The van der Waals surface area contributed by atoms with Crippen molar-refractivity contribution in [1.29, 1.82) is 0 Å². The van der Waals surface area contributed by atoms with E-state index in [4.69, 9.17) is 9.84 Å². The lowest BCUT2D eigenvalue weighted by Gasteiger charge is -2.12. The Morgan fingerprint density at radius 1 is 0.920 bits per heavy atom. The van der Waals surface area contributed by atoms with Crippen LogP contribution in [0.1, 0.15) is 0 Å². The number of halogens is 4. The lowest BCUT2D eigenvalue weighted by molar-refractivity contribution is -0.139. The SMILES string of the molecule is O=C(O)COc1c(I)cc(S(=O)(=O)c2cc(I)c(O)c(I)c2)cc1I. The van der Waals surface area contributed by atoms with Crippen LogP contribution in [-0.2, 0) is 14.6 Å². The van der Waals surface area contributed by atoms with E-state index in [1.165, 1.54) is 24.3 Å². The van der Waals surface area contributed by atoms with Crippen LogP contribution >= 0.6 is 90.4 Å². The summed E-state index contributed by atoms with van der Waals surface area (Å²) in [6.07, 6.45) is 0. The molecule has 0 fully saturated rings. The van der Waals surface area contributed by atoms with E-state index in [0.29, 0.717) is 20.0 Å². The molecule has 2 aromatic rings. The van der Waals surface area contributed by atoms with Crippen LogP contribution in [0.5, 0.6) is 11.5 Å². The van der Waals surface area contributed by atoms with E-state index in [0.717, 1.165) is 0 Å². The number of benzene rings is 2. The second-order valence-corrected chi connectivity index (χ2v) is 11.2. The van der Waals surface area contributed by atoms with E-state index >= 15 is 0 Å². The zero-order valence-corrected chi connectivity index (χ0v) is 21.4. The second-order valence-electron chi connectivity index (χ2n) is 4.64. The third kappa shape index (κ3) is 5.01. The predicted molar refractivity (Wildman–Crippen MR) is 124 cm³/mol. The molecule has 0 heterocycles. The third-order valence-corrected chi connectivity index (χ3v) is 7.88. The molecule has 11 heteroatoms. The molecule has 2 N–H and O–H groups in total. The average Bonchev–Trinajstić information content (AvgIpc) is 2.50. The van der Waals surface area contributed by atoms with Crippen molar-refractivity contribution in [3.63, 3.8) is 0 Å². The molecule has 0 amide bonds. The molecule has 0 aliphatic carbocycles.